The third-order valence-electron chi connectivity index (χ3n) is 11.2. The van der Waals surface area contributed by atoms with Crippen LogP contribution in [-0.4, -0.2) is 87.4 Å². The van der Waals surface area contributed by atoms with Crippen molar-refractivity contribution in [3.8, 4) is 0 Å². The molecule has 0 aromatic heterocycles. The van der Waals surface area contributed by atoms with E-state index in [0.717, 1.165) is 128 Å². The third kappa shape index (κ3) is 57.9. The molecule has 428 valence electrons. The zero-order chi connectivity index (χ0) is 56.2. The fourth-order valence-corrected chi connectivity index (χ4v) is 6.79. The number of quaternary nitrogens is 1. The number of rotatable bonds is 50. The van der Waals surface area contributed by atoms with Crippen LogP contribution >= 0.6 is 0 Å². The number of nitrogens with zero attached hydrogens (tertiary/aromatic N) is 1. The summed E-state index contributed by atoms with van der Waals surface area (Å²) in [6, 6.07) is 0. The largest absolute Gasteiger partial charge is 0.477 e. The summed E-state index contributed by atoms with van der Waals surface area (Å²) in [5.41, 5.74) is 0. The monoisotopic (exact) mass is 1060 g/mol. The molecule has 0 aromatic rings. The molecule has 2 atom stereocenters. The second-order valence-corrected chi connectivity index (χ2v) is 19.5. The van der Waals surface area contributed by atoms with Crippen molar-refractivity contribution in [2.45, 2.75) is 180 Å². The molecule has 0 heterocycles. The molecule has 77 heavy (non-hydrogen) atoms. The number of likely N-dealkylation sites (N-methyl/N-ethyl adjacent to an activating group) is 1. The minimum Gasteiger partial charge on any atom is -0.477 e. The molecule has 0 aromatic carbocycles. The van der Waals surface area contributed by atoms with Gasteiger partial charge in [0.15, 0.2) is 6.10 Å². The highest BCUT2D eigenvalue weighted by Crippen LogP contribution is 2.11. The molecule has 0 aliphatic rings. The van der Waals surface area contributed by atoms with Gasteiger partial charge in [0.05, 0.1) is 34.4 Å². The Morgan fingerprint density at radius 2 is 0.727 bits per heavy atom. The van der Waals surface area contributed by atoms with E-state index in [2.05, 4.69) is 184 Å². The Bertz CT molecular complexity index is 1910. The van der Waals surface area contributed by atoms with Gasteiger partial charge in [-0.3, -0.25) is 9.59 Å². The second-order valence-electron chi connectivity index (χ2n) is 19.5. The lowest BCUT2D eigenvalue weighted by molar-refractivity contribution is -0.870. The first-order chi connectivity index (χ1) is 37.6. The van der Waals surface area contributed by atoms with E-state index in [1.54, 1.807) is 0 Å². The highest BCUT2D eigenvalue weighted by Gasteiger charge is 2.25. The van der Waals surface area contributed by atoms with Crippen LogP contribution in [0.1, 0.15) is 168 Å². The van der Waals surface area contributed by atoms with Crippen molar-refractivity contribution < 1.29 is 42.9 Å². The molecular formula is C68H104NO8+. The summed E-state index contributed by atoms with van der Waals surface area (Å²) in [4.78, 5) is 37.2. The minimum atomic E-state index is -1.54. The summed E-state index contributed by atoms with van der Waals surface area (Å²) in [6.07, 6.45) is 84.3. The van der Waals surface area contributed by atoms with Crippen molar-refractivity contribution in [2.75, 3.05) is 47.5 Å². The lowest BCUT2D eigenvalue weighted by Gasteiger charge is -2.25. The van der Waals surface area contributed by atoms with Crippen LogP contribution in [0.3, 0.4) is 0 Å². The number of hydrogen-bond acceptors (Lipinski definition) is 7. The van der Waals surface area contributed by atoms with E-state index in [1.165, 1.54) is 0 Å². The van der Waals surface area contributed by atoms with Crippen LogP contribution in [0.2, 0.25) is 0 Å². The molecule has 0 aliphatic heterocycles. The van der Waals surface area contributed by atoms with Crippen LogP contribution in [0.15, 0.2) is 182 Å². The Hall–Kier alpha value is -5.61. The zero-order valence-corrected chi connectivity index (χ0v) is 48.5. The number of esters is 2. The van der Waals surface area contributed by atoms with Gasteiger partial charge >= 0.3 is 17.9 Å². The van der Waals surface area contributed by atoms with Crippen LogP contribution in [0.5, 0.6) is 0 Å². The molecule has 0 rings (SSSR count). The number of carboxylic acids is 1. The highest BCUT2D eigenvalue weighted by molar-refractivity contribution is 5.71. The number of aliphatic carboxylic acids is 1. The summed E-state index contributed by atoms with van der Waals surface area (Å²) >= 11 is 0. The molecular weight excluding hydrogens is 959 g/mol. The predicted octanol–water partition coefficient (Wildman–Crippen LogP) is 17.3. The molecule has 0 radical (unpaired) electrons. The number of unbranched alkanes of at least 4 members (excludes halogenated alkanes) is 5. The summed E-state index contributed by atoms with van der Waals surface area (Å²) in [6.45, 7) is 4.49. The topological polar surface area (TPSA) is 108 Å². The first-order valence-electron chi connectivity index (χ1n) is 28.9. The van der Waals surface area contributed by atoms with Gasteiger partial charge in [-0.25, -0.2) is 4.79 Å². The number of hydrogen-bond donors (Lipinski definition) is 1. The van der Waals surface area contributed by atoms with E-state index >= 15 is 0 Å². The molecule has 0 saturated carbocycles. The Morgan fingerprint density at radius 3 is 1.09 bits per heavy atom. The van der Waals surface area contributed by atoms with Crippen LogP contribution in [0.4, 0.5) is 0 Å². The van der Waals surface area contributed by atoms with E-state index < -0.39 is 30.3 Å². The van der Waals surface area contributed by atoms with Crippen molar-refractivity contribution in [3.63, 3.8) is 0 Å². The van der Waals surface area contributed by atoms with Gasteiger partial charge in [0.25, 0.3) is 6.29 Å². The van der Waals surface area contributed by atoms with E-state index in [0.29, 0.717) is 23.9 Å². The fourth-order valence-electron chi connectivity index (χ4n) is 6.79. The van der Waals surface area contributed by atoms with E-state index in [-0.39, 0.29) is 32.7 Å². The maximum Gasteiger partial charge on any atom is 0.361 e. The smallest absolute Gasteiger partial charge is 0.361 e. The molecule has 0 bridgehead atoms. The van der Waals surface area contributed by atoms with Crippen LogP contribution in [0, 0.1) is 0 Å². The normalized spacial score (nSPS) is 14.1. The zero-order valence-electron chi connectivity index (χ0n) is 48.5. The molecule has 9 heteroatoms. The minimum absolute atomic E-state index is 0.162. The number of allylic oxidation sites excluding steroid dienone is 30. The van der Waals surface area contributed by atoms with Gasteiger partial charge in [0.2, 0.25) is 0 Å². The van der Waals surface area contributed by atoms with Crippen LogP contribution in [-0.2, 0) is 33.3 Å². The van der Waals surface area contributed by atoms with Crippen molar-refractivity contribution in [2.24, 2.45) is 0 Å². The molecule has 0 saturated heterocycles. The number of carbonyl (C=O) groups is 3. The molecule has 0 amide bonds. The van der Waals surface area contributed by atoms with Crippen LogP contribution < -0.4 is 0 Å². The summed E-state index contributed by atoms with van der Waals surface area (Å²) in [5, 5.41) is 9.67. The third-order valence-corrected chi connectivity index (χ3v) is 11.2. The Labute approximate surface area is 469 Å². The van der Waals surface area contributed by atoms with Gasteiger partial charge in [-0.05, 0) is 122 Å². The Morgan fingerprint density at radius 1 is 0.390 bits per heavy atom. The lowest BCUT2D eigenvalue weighted by Crippen LogP contribution is -2.40. The number of carbonyl (C=O) groups excluding carboxylic acids is 2. The molecule has 0 fully saturated rings. The standard InChI is InChI=1S/C68H103NO8/c1-6-8-10-12-14-16-18-20-21-22-23-24-25-26-27-28-29-30-31-32-33-34-35-36-37-38-39-40-41-42-43-44-45-47-49-51-53-55-57-59-66(71)77-64(63-76-68(67(72)73)74-61-60-69(3,4)5)62-75-65(70)58-56-54-52-50-48-46-19-17-15-13-11-9-7-2/h8-11,14-17,20-21,23-24,26-27,29-30,32-33,35-36,38-39,41-42,44-46,48,52,54,64,68H,6-7,12-13,18-19,22,25,28,31,34,37,40,43,47,49-51,53,55-63H2,1-5H3/p+1/b10-8-,11-9-,16-14-,17-15-,21-20-,24-23-,27-26-,30-29-,33-32-,36-35-,39-38-,42-41-,45-44-,48-46-,54-52-. The van der Waals surface area contributed by atoms with Gasteiger partial charge < -0.3 is 28.5 Å². The van der Waals surface area contributed by atoms with Crippen molar-refractivity contribution >= 4 is 17.9 Å². The molecule has 2 unspecified atom stereocenters. The maximum absolute atomic E-state index is 12.8. The van der Waals surface area contributed by atoms with Gasteiger partial charge in [0, 0.05) is 12.8 Å². The average molecular weight is 1060 g/mol. The fraction of sp³-hybridized carbons (Fsp3) is 0.515. The summed E-state index contributed by atoms with van der Waals surface area (Å²) in [5.74, 6) is -2.17. The SMILES string of the molecule is CC/C=C\C/C=C\C/C=C\C/C=C\C/C=C\C/C=C\C/C=C\C/C=C\C/C=C\C/C=C\C/C=C\CCCCCCCC(=O)OC(COC(=O)CC/C=C\C/C=C\C/C=C\C/C=C\CC)COC(OCC[N+](C)(C)C)C(=O)O. The van der Waals surface area contributed by atoms with Crippen molar-refractivity contribution in [1.29, 1.82) is 0 Å². The van der Waals surface area contributed by atoms with Crippen molar-refractivity contribution in [1.82, 2.24) is 0 Å². The molecule has 0 spiro atoms. The van der Waals surface area contributed by atoms with E-state index in [9.17, 15) is 19.5 Å². The van der Waals surface area contributed by atoms with Crippen molar-refractivity contribution in [3.05, 3.63) is 182 Å². The predicted molar refractivity (Wildman–Crippen MR) is 326 cm³/mol. The van der Waals surface area contributed by atoms with Gasteiger partial charge in [-0.15, -0.1) is 0 Å². The van der Waals surface area contributed by atoms with Crippen LogP contribution in [0.25, 0.3) is 0 Å². The van der Waals surface area contributed by atoms with Gasteiger partial charge in [0.1, 0.15) is 13.2 Å². The van der Waals surface area contributed by atoms with E-state index in [1.807, 2.05) is 33.3 Å². The first-order valence-corrected chi connectivity index (χ1v) is 28.9. The average Bonchev–Trinajstić information content (AvgIpc) is 3.40. The molecule has 0 aliphatic carbocycles. The highest BCUT2D eigenvalue weighted by atomic mass is 16.7. The number of ether oxygens (including phenoxy) is 4. The summed E-state index contributed by atoms with van der Waals surface area (Å²) in [7, 11) is 5.92. The Balaban J connectivity index is 4.29. The quantitative estimate of drug-likeness (QED) is 0.0211. The second kappa shape index (κ2) is 56.6. The number of carboxylic acid groups (broad SMARTS) is 1. The summed E-state index contributed by atoms with van der Waals surface area (Å²) < 4.78 is 22.7. The van der Waals surface area contributed by atoms with Gasteiger partial charge in [-0.2, -0.15) is 0 Å². The molecule has 9 nitrogen and oxygen atoms in total. The first kappa shape index (κ1) is 71.4. The lowest BCUT2D eigenvalue weighted by atomic mass is 10.1. The molecule has 1 N–H and O–H groups in total. The Kier molecular flexibility index (Phi) is 52.5. The maximum atomic E-state index is 12.8. The van der Waals surface area contributed by atoms with Gasteiger partial charge in [-0.1, -0.05) is 215 Å². The van der Waals surface area contributed by atoms with E-state index in [4.69, 9.17) is 18.9 Å².